The van der Waals surface area contributed by atoms with Gasteiger partial charge in [0.15, 0.2) is 5.82 Å². The van der Waals surface area contributed by atoms with Crippen LogP contribution in [-0.4, -0.2) is 34.0 Å². The van der Waals surface area contributed by atoms with Crippen molar-refractivity contribution in [2.75, 3.05) is 18.4 Å². The highest BCUT2D eigenvalue weighted by Gasteiger charge is 2.33. The second-order valence-corrected chi connectivity index (χ2v) is 8.32. The van der Waals surface area contributed by atoms with E-state index in [1.54, 1.807) is 18.2 Å². The molecule has 1 aromatic heterocycles. The fraction of sp³-hybridized carbons (Fsp3) is 0.318. The van der Waals surface area contributed by atoms with Crippen LogP contribution in [0.1, 0.15) is 42.1 Å². The van der Waals surface area contributed by atoms with E-state index in [2.05, 4.69) is 20.4 Å². The maximum Gasteiger partial charge on any atom is 0.246 e. The lowest BCUT2D eigenvalue weighted by atomic mass is 9.93. The minimum Gasteiger partial charge on any atom is -0.339 e. The summed E-state index contributed by atoms with van der Waals surface area (Å²) >= 11 is 12.2. The number of hydrogen-bond donors (Lipinski definition) is 1. The summed E-state index contributed by atoms with van der Waals surface area (Å²) in [6, 6.07) is 14.4. The van der Waals surface area contributed by atoms with E-state index in [0.717, 1.165) is 31.5 Å². The number of likely N-dealkylation sites (tertiary alicyclic amines) is 1. The van der Waals surface area contributed by atoms with Crippen LogP contribution in [0.3, 0.4) is 0 Å². The van der Waals surface area contributed by atoms with Crippen molar-refractivity contribution in [2.45, 2.75) is 31.7 Å². The van der Waals surface area contributed by atoms with Gasteiger partial charge < -0.3 is 9.84 Å². The molecule has 0 aliphatic carbocycles. The Morgan fingerprint density at radius 3 is 2.40 bits per heavy atom. The highest BCUT2D eigenvalue weighted by molar-refractivity contribution is 6.35. The summed E-state index contributed by atoms with van der Waals surface area (Å²) in [6.45, 7) is 3.31. The van der Waals surface area contributed by atoms with Gasteiger partial charge in [-0.3, -0.25) is 9.69 Å². The van der Waals surface area contributed by atoms with Crippen LogP contribution in [0.15, 0.2) is 53.1 Å². The molecular formula is C22H22Cl2N4O2. The van der Waals surface area contributed by atoms with E-state index in [0.29, 0.717) is 27.4 Å². The van der Waals surface area contributed by atoms with E-state index in [-0.39, 0.29) is 11.8 Å². The van der Waals surface area contributed by atoms with Gasteiger partial charge in [-0.1, -0.05) is 58.7 Å². The lowest BCUT2D eigenvalue weighted by molar-refractivity contribution is -0.122. The number of carbonyl (C=O) groups excluding carboxylic acids is 1. The van der Waals surface area contributed by atoms with Crippen molar-refractivity contribution < 1.29 is 9.32 Å². The van der Waals surface area contributed by atoms with Crippen LogP contribution >= 0.6 is 23.2 Å². The van der Waals surface area contributed by atoms with Gasteiger partial charge in [0.1, 0.15) is 6.04 Å². The van der Waals surface area contributed by atoms with Crippen molar-refractivity contribution in [3.05, 3.63) is 75.9 Å². The first-order valence-corrected chi connectivity index (χ1v) is 10.6. The lowest BCUT2D eigenvalue weighted by Gasteiger charge is -2.36. The van der Waals surface area contributed by atoms with Gasteiger partial charge in [-0.2, -0.15) is 4.98 Å². The molecule has 1 aliphatic rings. The molecule has 1 aliphatic heterocycles. The first-order valence-electron chi connectivity index (χ1n) is 9.86. The van der Waals surface area contributed by atoms with Gasteiger partial charge in [-0.25, -0.2) is 0 Å². The molecule has 1 amide bonds. The van der Waals surface area contributed by atoms with Crippen LogP contribution in [0, 0.1) is 6.92 Å². The van der Waals surface area contributed by atoms with E-state index in [1.165, 1.54) is 0 Å². The summed E-state index contributed by atoms with van der Waals surface area (Å²) in [4.78, 5) is 19.9. The molecule has 1 atom stereocenters. The van der Waals surface area contributed by atoms with Gasteiger partial charge in [-0.05, 0) is 56.6 Å². The first-order chi connectivity index (χ1) is 14.5. The van der Waals surface area contributed by atoms with Crippen LogP contribution in [0.5, 0.6) is 0 Å². The third-order valence-electron chi connectivity index (χ3n) is 5.28. The smallest absolute Gasteiger partial charge is 0.246 e. The van der Waals surface area contributed by atoms with Gasteiger partial charge in [-0.15, -0.1) is 0 Å². The van der Waals surface area contributed by atoms with Crippen molar-refractivity contribution in [3.8, 4) is 0 Å². The van der Waals surface area contributed by atoms with Crippen LogP contribution in [0.4, 0.5) is 5.69 Å². The highest BCUT2D eigenvalue weighted by atomic mass is 35.5. The number of benzene rings is 2. The summed E-state index contributed by atoms with van der Waals surface area (Å²) < 4.78 is 5.35. The average Bonchev–Trinajstić information content (AvgIpc) is 3.15. The number of carbonyl (C=O) groups is 1. The number of piperidine rings is 1. The number of nitrogens with one attached hydrogen (secondary N) is 1. The number of hydrogen-bond acceptors (Lipinski definition) is 5. The fourth-order valence-electron chi connectivity index (χ4n) is 3.88. The predicted molar refractivity (Wildman–Crippen MR) is 117 cm³/mol. The van der Waals surface area contributed by atoms with Crippen molar-refractivity contribution in [2.24, 2.45) is 0 Å². The van der Waals surface area contributed by atoms with Gasteiger partial charge in [0, 0.05) is 21.7 Å². The number of rotatable bonds is 5. The zero-order valence-corrected chi connectivity index (χ0v) is 18.0. The molecule has 0 bridgehead atoms. The van der Waals surface area contributed by atoms with E-state index in [9.17, 15) is 4.79 Å². The second kappa shape index (κ2) is 9.16. The van der Waals surface area contributed by atoms with Crippen LogP contribution in [-0.2, 0) is 4.79 Å². The number of aromatic nitrogens is 2. The molecule has 0 spiro atoms. The normalized spacial score (nSPS) is 16.4. The van der Waals surface area contributed by atoms with Crippen LogP contribution < -0.4 is 5.32 Å². The number of nitrogens with zero attached hydrogens (tertiary/aromatic N) is 3. The van der Waals surface area contributed by atoms with E-state index in [4.69, 9.17) is 27.7 Å². The Bertz CT molecular complexity index is 997. The molecular weight excluding hydrogens is 423 g/mol. The Morgan fingerprint density at radius 2 is 1.80 bits per heavy atom. The standard InChI is InChI=1S/C22H22Cl2N4O2/c1-14-25-22(30-27-14)16-7-9-28(10-8-16)20(15-5-3-2-4-6-15)21(29)26-19-12-17(23)11-18(24)13-19/h2-6,11-13,16,20H,7-10H2,1H3,(H,26,29). The lowest BCUT2D eigenvalue weighted by Crippen LogP contribution is -2.41. The summed E-state index contributed by atoms with van der Waals surface area (Å²) in [6.07, 6.45) is 1.70. The molecule has 1 fully saturated rings. The summed E-state index contributed by atoms with van der Waals surface area (Å²) in [7, 11) is 0. The van der Waals surface area contributed by atoms with E-state index in [1.807, 2.05) is 37.3 Å². The maximum atomic E-state index is 13.3. The van der Waals surface area contributed by atoms with E-state index >= 15 is 0 Å². The SMILES string of the molecule is Cc1noc(C2CCN(C(C(=O)Nc3cc(Cl)cc(Cl)c3)c3ccccc3)CC2)n1. The third-order valence-corrected chi connectivity index (χ3v) is 5.72. The molecule has 2 heterocycles. The second-order valence-electron chi connectivity index (χ2n) is 7.45. The number of amides is 1. The number of anilines is 1. The van der Waals surface area contributed by atoms with Gasteiger partial charge in [0.05, 0.1) is 0 Å². The van der Waals surface area contributed by atoms with Gasteiger partial charge in [0.25, 0.3) is 0 Å². The maximum absolute atomic E-state index is 13.3. The molecule has 1 N–H and O–H groups in total. The quantitative estimate of drug-likeness (QED) is 0.581. The van der Waals surface area contributed by atoms with Gasteiger partial charge >= 0.3 is 0 Å². The molecule has 4 rings (SSSR count). The van der Waals surface area contributed by atoms with Crippen molar-refractivity contribution >= 4 is 34.8 Å². The van der Waals surface area contributed by atoms with Crippen LogP contribution in [0.25, 0.3) is 0 Å². The van der Waals surface area contributed by atoms with Gasteiger partial charge in [0.2, 0.25) is 11.8 Å². The zero-order chi connectivity index (χ0) is 21.1. The topological polar surface area (TPSA) is 71.3 Å². The first kappa shape index (κ1) is 20.8. The number of halogens is 2. The molecule has 0 saturated carbocycles. The number of aryl methyl sites for hydroxylation is 1. The van der Waals surface area contributed by atoms with Crippen molar-refractivity contribution in [3.63, 3.8) is 0 Å². The summed E-state index contributed by atoms with van der Waals surface area (Å²) in [5.41, 5.74) is 1.52. The summed E-state index contributed by atoms with van der Waals surface area (Å²) in [5.74, 6) is 1.43. The van der Waals surface area contributed by atoms with Crippen molar-refractivity contribution in [1.29, 1.82) is 0 Å². The monoisotopic (exact) mass is 444 g/mol. The Labute approximate surface area is 185 Å². The molecule has 156 valence electrons. The minimum atomic E-state index is -0.422. The molecule has 1 saturated heterocycles. The molecule has 3 aromatic rings. The Hall–Kier alpha value is -2.41. The average molecular weight is 445 g/mol. The molecule has 30 heavy (non-hydrogen) atoms. The predicted octanol–water partition coefficient (Wildman–Crippen LogP) is 5.24. The Balaban J connectivity index is 1.52. The Morgan fingerprint density at radius 1 is 1.13 bits per heavy atom. The third kappa shape index (κ3) is 4.83. The fourth-order valence-corrected chi connectivity index (χ4v) is 4.41. The largest absolute Gasteiger partial charge is 0.339 e. The molecule has 6 nitrogen and oxygen atoms in total. The van der Waals surface area contributed by atoms with Crippen LogP contribution in [0.2, 0.25) is 10.0 Å². The zero-order valence-electron chi connectivity index (χ0n) is 16.5. The highest BCUT2D eigenvalue weighted by Crippen LogP contribution is 2.33. The molecule has 8 heteroatoms. The summed E-state index contributed by atoms with van der Waals surface area (Å²) in [5, 5.41) is 7.83. The molecule has 2 aromatic carbocycles. The molecule has 1 unspecified atom stereocenters. The minimum absolute atomic E-state index is 0.119. The van der Waals surface area contributed by atoms with E-state index < -0.39 is 6.04 Å². The molecule has 0 radical (unpaired) electrons. The Kier molecular flexibility index (Phi) is 6.37. The van der Waals surface area contributed by atoms with Crippen molar-refractivity contribution in [1.82, 2.24) is 15.0 Å².